The molecule has 7 nitrogen and oxygen atoms in total. The Labute approximate surface area is 225 Å². The van der Waals surface area contributed by atoms with E-state index in [0.717, 1.165) is 22.3 Å². The fourth-order valence-corrected chi connectivity index (χ4v) is 4.93. The van der Waals surface area contributed by atoms with Crippen LogP contribution in [0.15, 0.2) is 89.1 Å². The van der Waals surface area contributed by atoms with E-state index in [-0.39, 0.29) is 29.5 Å². The van der Waals surface area contributed by atoms with Crippen molar-refractivity contribution in [1.82, 2.24) is 15.0 Å². The molecular weight excluding hydrogens is 529 g/mol. The molecule has 2 heterocycles. The summed E-state index contributed by atoms with van der Waals surface area (Å²) in [7, 11) is 0. The number of thioether (sulfide) groups is 1. The van der Waals surface area contributed by atoms with Gasteiger partial charge < -0.3 is 5.11 Å². The van der Waals surface area contributed by atoms with Crippen LogP contribution in [0, 0.1) is 0 Å². The van der Waals surface area contributed by atoms with E-state index in [1.54, 1.807) is 24.5 Å². The van der Waals surface area contributed by atoms with Gasteiger partial charge in [-0.3, -0.25) is 19.6 Å². The number of aliphatic carboxylic acids is 1. The lowest BCUT2D eigenvalue weighted by atomic mass is 9.96. The van der Waals surface area contributed by atoms with E-state index >= 15 is 0 Å². The van der Waals surface area contributed by atoms with E-state index in [0.29, 0.717) is 23.2 Å². The molecule has 1 N–H and O–H groups in total. The van der Waals surface area contributed by atoms with Gasteiger partial charge in [-0.05, 0) is 58.3 Å². The van der Waals surface area contributed by atoms with Crippen molar-refractivity contribution in [1.29, 1.82) is 0 Å². The molecule has 0 aliphatic carbocycles. The van der Waals surface area contributed by atoms with E-state index < -0.39 is 23.4 Å². The average molecular weight is 551 g/mol. The number of carbonyl (C=O) groups excluding carboxylic acids is 1. The number of rotatable bonds is 7. The van der Waals surface area contributed by atoms with Gasteiger partial charge in [-0.15, -0.1) is 0 Å². The van der Waals surface area contributed by atoms with Crippen LogP contribution in [0.4, 0.5) is 13.2 Å². The van der Waals surface area contributed by atoms with E-state index in [9.17, 15) is 22.8 Å². The molecule has 1 unspecified atom stereocenters. The summed E-state index contributed by atoms with van der Waals surface area (Å²) in [5.74, 6) is -1.46. The lowest BCUT2D eigenvalue weighted by molar-refractivity contribution is -0.141. The normalized spacial score (nSPS) is 15.4. The lowest BCUT2D eigenvalue weighted by Gasteiger charge is -2.22. The van der Waals surface area contributed by atoms with Crippen LogP contribution in [0.5, 0.6) is 0 Å². The third-order valence-electron chi connectivity index (χ3n) is 6.24. The van der Waals surface area contributed by atoms with Gasteiger partial charge in [0.25, 0.3) is 0 Å². The van der Waals surface area contributed by atoms with Gasteiger partial charge in [0.2, 0.25) is 5.91 Å². The van der Waals surface area contributed by atoms with Crippen molar-refractivity contribution in [3.05, 3.63) is 90.3 Å². The smallest absolute Gasteiger partial charge is 0.446 e. The Kier molecular flexibility index (Phi) is 7.34. The predicted octanol–water partition coefficient (Wildman–Crippen LogP) is 6.45. The van der Waals surface area contributed by atoms with Gasteiger partial charge in [-0.1, -0.05) is 42.5 Å². The van der Waals surface area contributed by atoms with Crippen LogP contribution >= 0.6 is 11.8 Å². The monoisotopic (exact) mass is 550 g/mol. The summed E-state index contributed by atoms with van der Waals surface area (Å²) in [5, 5.41) is 15.0. The zero-order chi connectivity index (χ0) is 27.6. The number of hydrogen-bond donors (Lipinski definition) is 1. The number of alkyl halides is 3. The van der Waals surface area contributed by atoms with E-state index in [4.69, 9.17) is 5.11 Å². The van der Waals surface area contributed by atoms with Crippen molar-refractivity contribution < 1.29 is 27.9 Å². The maximum atomic E-state index is 13.0. The van der Waals surface area contributed by atoms with Crippen molar-refractivity contribution in [2.45, 2.75) is 35.7 Å². The molecule has 0 radical (unpaired) electrons. The molecule has 11 heteroatoms. The van der Waals surface area contributed by atoms with Gasteiger partial charge in [0.15, 0.2) is 0 Å². The van der Waals surface area contributed by atoms with Crippen molar-refractivity contribution in [2.24, 2.45) is 5.10 Å². The van der Waals surface area contributed by atoms with Crippen LogP contribution < -0.4 is 0 Å². The zero-order valence-corrected chi connectivity index (χ0v) is 21.1. The number of amides is 1. The molecule has 39 heavy (non-hydrogen) atoms. The maximum absolute atomic E-state index is 13.0. The summed E-state index contributed by atoms with van der Waals surface area (Å²) in [5.41, 5.74) is 0.871. The minimum Gasteiger partial charge on any atom is -0.481 e. The first kappa shape index (κ1) is 26.4. The number of nitrogens with zero attached hydrogens (tertiary/aromatic N) is 4. The zero-order valence-electron chi connectivity index (χ0n) is 20.3. The summed E-state index contributed by atoms with van der Waals surface area (Å²) in [6, 6.07) is 18.6. The number of carbonyl (C=O) groups is 2. The number of carboxylic acids is 1. The highest BCUT2D eigenvalue weighted by Gasteiger charge is 2.33. The summed E-state index contributed by atoms with van der Waals surface area (Å²) >= 11 is -0.158. The highest BCUT2D eigenvalue weighted by molar-refractivity contribution is 8.00. The van der Waals surface area contributed by atoms with Crippen LogP contribution in [0.2, 0.25) is 0 Å². The van der Waals surface area contributed by atoms with Gasteiger partial charge in [0.1, 0.15) is 0 Å². The number of hydrogen-bond acceptors (Lipinski definition) is 6. The summed E-state index contributed by atoms with van der Waals surface area (Å²) < 4.78 is 37.8. The fraction of sp³-hybridized carbons (Fsp3) is 0.179. The molecule has 5 rings (SSSR count). The third kappa shape index (κ3) is 6.26. The fourth-order valence-electron chi connectivity index (χ4n) is 4.39. The Morgan fingerprint density at radius 2 is 1.49 bits per heavy atom. The van der Waals surface area contributed by atoms with Gasteiger partial charge in [-0.25, -0.2) is 5.01 Å². The van der Waals surface area contributed by atoms with E-state index in [2.05, 4.69) is 15.1 Å². The highest BCUT2D eigenvalue weighted by Crippen LogP contribution is 2.38. The Morgan fingerprint density at radius 1 is 0.872 bits per heavy atom. The first-order valence-electron chi connectivity index (χ1n) is 11.9. The molecule has 0 bridgehead atoms. The standard InChI is InChI=1S/C28H21F3N4O3S/c29-28(30,31)39-21-8-5-18(6-9-21)17-1-3-19(4-2-17)23-16-25(35(34-23)26(36)11-12-27(37)38)20-7-10-22-24(15-20)33-14-13-32-22/h1-10,13-15,25H,11-12,16H2,(H,37,38). The second kappa shape index (κ2) is 10.9. The van der Waals surface area contributed by atoms with Crippen LogP contribution in [0.25, 0.3) is 22.2 Å². The molecule has 1 aromatic heterocycles. The number of hydrazone groups is 1. The molecule has 1 amide bonds. The summed E-state index contributed by atoms with van der Waals surface area (Å²) in [6.07, 6.45) is 3.11. The minimum absolute atomic E-state index is 0.113. The Balaban J connectivity index is 1.39. The van der Waals surface area contributed by atoms with Crippen LogP contribution in [-0.4, -0.2) is 43.2 Å². The SMILES string of the molecule is O=C(O)CCC(=O)N1N=C(c2ccc(-c3ccc(SC(F)(F)F)cc3)cc2)CC1c1ccc2nccnc2c1. The van der Waals surface area contributed by atoms with Crippen molar-refractivity contribution in [3.8, 4) is 11.1 Å². The number of aromatic nitrogens is 2. The lowest BCUT2D eigenvalue weighted by Crippen LogP contribution is -2.27. The number of fused-ring (bicyclic) bond motifs is 1. The summed E-state index contributed by atoms with van der Waals surface area (Å²) in [6.45, 7) is 0. The molecule has 1 atom stereocenters. The molecule has 198 valence electrons. The van der Waals surface area contributed by atoms with Crippen LogP contribution in [0.1, 0.15) is 36.4 Å². The Hall–Kier alpha value is -4.25. The molecule has 4 aromatic rings. The van der Waals surface area contributed by atoms with Crippen LogP contribution in [0.3, 0.4) is 0 Å². The first-order valence-corrected chi connectivity index (χ1v) is 12.8. The van der Waals surface area contributed by atoms with Crippen molar-refractivity contribution in [3.63, 3.8) is 0 Å². The minimum atomic E-state index is -4.34. The van der Waals surface area contributed by atoms with Crippen molar-refractivity contribution >= 4 is 40.4 Å². The van der Waals surface area contributed by atoms with Crippen LogP contribution in [-0.2, 0) is 9.59 Å². The number of benzene rings is 3. The third-order valence-corrected chi connectivity index (χ3v) is 6.98. The molecule has 0 saturated heterocycles. The van der Waals surface area contributed by atoms with Gasteiger partial charge in [0.05, 0.1) is 29.2 Å². The predicted molar refractivity (Wildman–Crippen MR) is 141 cm³/mol. The molecule has 1 aliphatic heterocycles. The first-order chi connectivity index (χ1) is 18.7. The molecule has 0 fully saturated rings. The maximum Gasteiger partial charge on any atom is 0.446 e. The number of carboxylic acid groups (broad SMARTS) is 1. The van der Waals surface area contributed by atoms with Gasteiger partial charge in [0, 0.05) is 30.1 Å². The average Bonchev–Trinajstić information content (AvgIpc) is 3.37. The van der Waals surface area contributed by atoms with E-state index in [1.807, 2.05) is 42.5 Å². The highest BCUT2D eigenvalue weighted by atomic mass is 32.2. The Bertz CT molecular complexity index is 1560. The molecular formula is C28H21F3N4O3S. The largest absolute Gasteiger partial charge is 0.481 e. The molecule has 0 saturated carbocycles. The van der Waals surface area contributed by atoms with Gasteiger partial charge in [-0.2, -0.15) is 18.3 Å². The van der Waals surface area contributed by atoms with E-state index in [1.165, 1.54) is 17.1 Å². The topological polar surface area (TPSA) is 95.8 Å². The molecule has 0 spiro atoms. The molecule has 3 aromatic carbocycles. The second-order valence-corrected chi connectivity index (χ2v) is 9.99. The molecule has 1 aliphatic rings. The van der Waals surface area contributed by atoms with Gasteiger partial charge >= 0.3 is 11.5 Å². The summed E-state index contributed by atoms with van der Waals surface area (Å²) in [4.78, 5) is 32.8. The second-order valence-electron chi connectivity index (χ2n) is 8.85. The van der Waals surface area contributed by atoms with Crippen molar-refractivity contribution in [2.75, 3.05) is 0 Å². The number of halogens is 3. The Morgan fingerprint density at radius 3 is 2.13 bits per heavy atom. The quantitative estimate of drug-likeness (QED) is 0.266.